The van der Waals surface area contributed by atoms with Crippen molar-refractivity contribution in [1.29, 1.82) is 0 Å². The highest BCUT2D eigenvalue weighted by Gasteiger charge is 2.18. The monoisotopic (exact) mass is 466 g/mol. The second kappa shape index (κ2) is 11.2. The summed E-state index contributed by atoms with van der Waals surface area (Å²) in [6.07, 6.45) is 0.957. The van der Waals surface area contributed by atoms with Crippen LogP contribution in [-0.4, -0.2) is 17.1 Å². The van der Waals surface area contributed by atoms with Gasteiger partial charge in [-0.3, -0.25) is 9.59 Å². The van der Waals surface area contributed by atoms with Crippen LogP contribution in [0.25, 0.3) is 0 Å². The van der Waals surface area contributed by atoms with E-state index in [0.29, 0.717) is 17.1 Å². The predicted octanol–water partition coefficient (Wildman–Crippen LogP) is 6.65. The summed E-state index contributed by atoms with van der Waals surface area (Å²) in [6, 6.07) is 20.8. The lowest BCUT2D eigenvalue weighted by molar-refractivity contribution is -0.116. The molecule has 0 aliphatic heterocycles. The normalized spacial score (nSPS) is 11.6. The summed E-state index contributed by atoms with van der Waals surface area (Å²) in [7, 11) is 0. The lowest BCUT2D eigenvalue weighted by atomic mass is 10.1. The van der Waals surface area contributed by atoms with E-state index in [2.05, 4.69) is 16.7 Å². The topological polar surface area (TPSA) is 58.2 Å². The molecule has 0 bridgehead atoms. The molecule has 3 aromatic rings. The first-order valence-electron chi connectivity index (χ1n) is 10.5. The van der Waals surface area contributed by atoms with Crippen LogP contribution in [0.15, 0.2) is 71.6 Å². The maximum Gasteiger partial charge on any atom is 0.237 e. The van der Waals surface area contributed by atoms with E-state index in [0.717, 1.165) is 27.3 Å². The summed E-state index contributed by atoms with van der Waals surface area (Å²) in [5.74, 6) is -0.131. The average molecular weight is 467 g/mol. The number of hydrogen-bond acceptors (Lipinski definition) is 3. The number of benzene rings is 3. The Morgan fingerprint density at radius 2 is 1.59 bits per heavy atom. The highest BCUT2D eigenvalue weighted by molar-refractivity contribution is 8.00. The van der Waals surface area contributed by atoms with E-state index in [-0.39, 0.29) is 23.5 Å². The van der Waals surface area contributed by atoms with Crippen molar-refractivity contribution in [2.24, 2.45) is 0 Å². The fraction of sp³-hybridized carbons (Fsp3) is 0.231. The summed E-state index contributed by atoms with van der Waals surface area (Å²) in [5, 5.41) is 6.37. The largest absolute Gasteiger partial charge is 0.326 e. The van der Waals surface area contributed by atoms with E-state index in [1.165, 1.54) is 11.8 Å². The van der Waals surface area contributed by atoms with Crippen LogP contribution in [-0.2, 0) is 16.0 Å². The Bertz CT molecular complexity index is 1080. The molecule has 2 amide bonds. The van der Waals surface area contributed by atoms with E-state index in [9.17, 15) is 9.59 Å². The molecule has 0 spiro atoms. The molecule has 1 atom stereocenters. The van der Waals surface area contributed by atoms with Gasteiger partial charge in [0.15, 0.2) is 0 Å². The Balaban J connectivity index is 1.62. The fourth-order valence-corrected chi connectivity index (χ4v) is 4.54. The van der Waals surface area contributed by atoms with Crippen molar-refractivity contribution in [2.75, 3.05) is 10.6 Å². The molecular formula is C26H27ClN2O2S. The zero-order chi connectivity index (χ0) is 23.1. The first kappa shape index (κ1) is 23.9. The molecule has 0 radical (unpaired) electrons. The van der Waals surface area contributed by atoms with Gasteiger partial charge in [-0.2, -0.15) is 0 Å². The lowest BCUT2D eigenvalue weighted by Gasteiger charge is -2.16. The number of thioether (sulfide) groups is 1. The minimum atomic E-state index is -0.240. The molecule has 166 valence electrons. The first-order valence-corrected chi connectivity index (χ1v) is 11.8. The number of carbonyl (C=O) groups excluding carboxylic acids is 2. The molecule has 0 aliphatic rings. The molecule has 32 heavy (non-hydrogen) atoms. The summed E-state index contributed by atoms with van der Waals surface area (Å²) in [5.41, 5.74) is 4.64. The number of amides is 2. The Hall–Kier alpha value is -2.76. The Morgan fingerprint density at radius 3 is 2.25 bits per heavy atom. The van der Waals surface area contributed by atoms with E-state index < -0.39 is 0 Å². The molecule has 3 rings (SSSR count). The van der Waals surface area contributed by atoms with Crippen LogP contribution in [0.2, 0.25) is 5.02 Å². The molecular weight excluding hydrogens is 440 g/mol. The maximum atomic E-state index is 12.8. The Morgan fingerprint density at radius 1 is 0.906 bits per heavy atom. The van der Waals surface area contributed by atoms with Gasteiger partial charge in [0.05, 0.1) is 11.7 Å². The number of carbonyl (C=O) groups is 2. The molecule has 3 aromatic carbocycles. The van der Waals surface area contributed by atoms with Crippen LogP contribution in [0.1, 0.15) is 30.0 Å². The minimum absolute atomic E-state index is 0.0281. The smallest absolute Gasteiger partial charge is 0.237 e. The maximum absolute atomic E-state index is 12.8. The van der Waals surface area contributed by atoms with Crippen LogP contribution in [0.4, 0.5) is 11.4 Å². The van der Waals surface area contributed by atoms with Crippen LogP contribution < -0.4 is 10.6 Å². The van der Waals surface area contributed by atoms with E-state index in [1.807, 2.05) is 69.3 Å². The SMILES string of the molecule is CCC(Sc1cccc(NC(=O)Cc2ccc(Cl)cc2)c1)C(=O)Nc1cc(C)cc(C)c1. The molecule has 0 saturated heterocycles. The highest BCUT2D eigenvalue weighted by atomic mass is 35.5. The summed E-state index contributed by atoms with van der Waals surface area (Å²) in [6.45, 7) is 6.03. The molecule has 4 nitrogen and oxygen atoms in total. The van der Waals surface area contributed by atoms with Crippen LogP contribution in [0.5, 0.6) is 0 Å². The van der Waals surface area contributed by atoms with Gasteiger partial charge < -0.3 is 10.6 Å². The van der Waals surface area contributed by atoms with Crippen molar-refractivity contribution in [3.8, 4) is 0 Å². The number of rotatable bonds is 8. The van der Waals surface area contributed by atoms with Gasteiger partial charge in [0.2, 0.25) is 11.8 Å². The van der Waals surface area contributed by atoms with Crippen LogP contribution in [0.3, 0.4) is 0 Å². The predicted molar refractivity (Wildman–Crippen MR) is 135 cm³/mol. The molecule has 0 aromatic heterocycles. The summed E-state index contributed by atoms with van der Waals surface area (Å²) in [4.78, 5) is 26.2. The van der Waals surface area contributed by atoms with Gasteiger partial charge in [-0.05, 0) is 79.4 Å². The highest BCUT2D eigenvalue weighted by Crippen LogP contribution is 2.29. The van der Waals surface area contributed by atoms with E-state index >= 15 is 0 Å². The zero-order valence-electron chi connectivity index (χ0n) is 18.4. The third-order valence-corrected chi connectivity index (χ3v) is 6.44. The third-order valence-electron chi connectivity index (χ3n) is 4.83. The van der Waals surface area contributed by atoms with E-state index in [1.54, 1.807) is 12.1 Å². The van der Waals surface area contributed by atoms with Crippen molar-refractivity contribution >= 4 is 46.6 Å². The number of nitrogens with one attached hydrogen (secondary N) is 2. The quantitative estimate of drug-likeness (QED) is 0.365. The van der Waals surface area contributed by atoms with Gasteiger partial charge in [-0.1, -0.05) is 42.8 Å². The van der Waals surface area contributed by atoms with Gasteiger partial charge in [-0.25, -0.2) is 0 Å². The second-order valence-corrected chi connectivity index (χ2v) is 9.47. The molecule has 0 heterocycles. The molecule has 1 unspecified atom stereocenters. The second-order valence-electron chi connectivity index (χ2n) is 7.76. The Kier molecular flexibility index (Phi) is 8.37. The van der Waals surface area contributed by atoms with Crippen molar-refractivity contribution in [3.05, 3.63) is 88.4 Å². The van der Waals surface area contributed by atoms with Crippen molar-refractivity contribution in [2.45, 2.75) is 43.8 Å². The van der Waals surface area contributed by atoms with Gasteiger partial charge in [0.25, 0.3) is 0 Å². The number of hydrogen-bond donors (Lipinski definition) is 2. The average Bonchev–Trinajstić information content (AvgIpc) is 2.73. The van der Waals surface area contributed by atoms with Gasteiger partial charge in [-0.15, -0.1) is 11.8 Å². The standard InChI is InChI=1S/C26H27ClN2O2S/c1-4-24(26(31)29-22-13-17(2)12-18(3)14-22)32-23-7-5-6-21(16-23)28-25(30)15-19-8-10-20(27)11-9-19/h5-14,16,24H,4,15H2,1-3H3,(H,28,30)(H,29,31). The van der Waals surface area contributed by atoms with Crippen molar-refractivity contribution in [3.63, 3.8) is 0 Å². The molecule has 0 fully saturated rings. The van der Waals surface area contributed by atoms with Crippen LogP contribution in [0, 0.1) is 13.8 Å². The molecule has 6 heteroatoms. The zero-order valence-corrected chi connectivity index (χ0v) is 20.0. The first-order chi connectivity index (χ1) is 15.3. The van der Waals surface area contributed by atoms with Gasteiger partial charge in [0.1, 0.15) is 0 Å². The number of halogens is 1. The summed E-state index contributed by atoms with van der Waals surface area (Å²) >= 11 is 7.39. The van der Waals surface area contributed by atoms with Crippen molar-refractivity contribution < 1.29 is 9.59 Å². The van der Waals surface area contributed by atoms with Gasteiger partial charge in [0, 0.05) is 21.3 Å². The molecule has 0 saturated carbocycles. The Labute approximate surface area is 198 Å². The van der Waals surface area contributed by atoms with Crippen LogP contribution >= 0.6 is 23.4 Å². The van der Waals surface area contributed by atoms with Gasteiger partial charge >= 0.3 is 0 Å². The molecule has 2 N–H and O–H groups in total. The number of aryl methyl sites for hydroxylation is 2. The summed E-state index contributed by atoms with van der Waals surface area (Å²) < 4.78 is 0. The minimum Gasteiger partial charge on any atom is -0.326 e. The van der Waals surface area contributed by atoms with Crippen molar-refractivity contribution in [1.82, 2.24) is 0 Å². The molecule has 0 aliphatic carbocycles. The van der Waals surface area contributed by atoms with E-state index in [4.69, 9.17) is 11.6 Å². The third kappa shape index (κ3) is 7.14. The number of anilines is 2. The fourth-order valence-electron chi connectivity index (χ4n) is 3.40. The lowest BCUT2D eigenvalue weighted by Crippen LogP contribution is -2.24.